The number of rotatable bonds is 5. The lowest BCUT2D eigenvalue weighted by molar-refractivity contribution is 0.0690. The molecule has 0 spiro atoms. The van der Waals surface area contributed by atoms with Crippen molar-refractivity contribution in [3.63, 3.8) is 0 Å². The van der Waals surface area contributed by atoms with Crippen LogP contribution < -0.4 is 5.32 Å². The van der Waals surface area contributed by atoms with E-state index in [1.54, 1.807) is 12.1 Å². The summed E-state index contributed by atoms with van der Waals surface area (Å²) in [6, 6.07) is 14.5. The molecule has 3 rings (SSSR count). The van der Waals surface area contributed by atoms with E-state index in [4.69, 9.17) is 9.52 Å². The Labute approximate surface area is 126 Å². The summed E-state index contributed by atoms with van der Waals surface area (Å²) in [4.78, 5) is 19.5. The number of aromatic nitrogens is 2. The Bertz CT molecular complexity index is 771. The summed E-state index contributed by atoms with van der Waals surface area (Å²) >= 11 is 0. The molecule has 22 heavy (non-hydrogen) atoms. The summed E-state index contributed by atoms with van der Waals surface area (Å²) < 4.78 is 5.23. The van der Waals surface area contributed by atoms with Gasteiger partial charge in [-0.2, -0.15) is 0 Å². The number of nitrogens with zero attached hydrogens (tertiary/aromatic N) is 2. The van der Waals surface area contributed by atoms with E-state index in [1.165, 1.54) is 12.3 Å². The first-order valence-corrected chi connectivity index (χ1v) is 6.66. The lowest BCUT2D eigenvalue weighted by Gasteiger charge is -2.08. The average molecular weight is 295 g/mol. The van der Waals surface area contributed by atoms with Crippen LogP contribution in [0.4, 0.5) is 5.82 Å². The van der Waals surface area contributed by atoms with Gasteiger partial charge in [0, 0.05) is 12.6 Å². The molecule has 0 unspecified atom stereocenters. The molecule has 1 aromatic carbocycles. The van der Waals surface area contributed by atoms with Crippen LogP contribution in [0.1, 0.15) is 16.1 Å². The lowest BCUT2D eigenvalue weighted by Crippen LogP contribution is -2.08. The standard InChI is InChI=1S/C16H13N3O3/c20-16(21)12-9-14(17-10-11-5-2-1-3-6-11)19-15(18-12)13-7-4-8-22-13/h1-9H,10H2,(H,20,21)(H,17,18,19). The highest BCUT2D eigenvalue weighted by Gasteiger charge is 2.13. The summed E-state index contributed by atoms with van der Waals surface area (Å²) in [6.45, 7) is 0.536. The van der Waals surface area contributed by atoms with Crippen molar-refractivity contribution in [2.24, 2.45) is 0 Å². The minimum absolute atomic E-state index is 0.0861. The van der Waals surface area contributed by atoms with Crippen molar-refractivity contribution in [2.75, 3.05) is 5.32 Å². The van der Waals surface area contributed by atoms with Gasteiger partial charge in [-0.1, -0.05) is 30.3 Å². The third-order valence-electron chi connectivity index (χ3n) is 3.00. The molecule has 0 bridgehead atoms. The Morgan fingerprint density at radius 1 is 1.14 bits per heavy atom. The molecule has 0 aliphatic heterocycles. The number of hydrogen-bond acceptors (Lipinski definition) is 5. The lowest BCUT2D eigenvalue weighted by atomic mass is 10.2. The first-order chi connectivity index (χ1) is 10.7. The number of carboxylic acids is 1. The highest BCUT2D eigenvalue weighted by molar-refractivity contribution is 5.86. The first kappa shape index (κ1) is 13.8. The van der Waals surface area contributed by atoms with Gasteiger partial charge in [0.05, 0.1) is 6.26 Å². The van der Waals surface area contributed by atoms with E-state index in [1.807, 2.05) is 30.3 Å². The molecule has 0 fully saturated rings. The van der Waals surface area contributed by atoms with Crippen LogP contribution in [0.5, 0.6) is 0 Å². The van der Waals surface area contributed by atoms with Gasteiger partial charge in [-0.3, -0.25) is 0 Å². The largest absolute Gasteiger partial charge is 0.477 e. The van der Waals surface area contributed by atoms with Gasteiger partial charge < -0.3 is 14.8 Å². The van der Waals surface area contributed by atoms with Gasteiger partial charge in [0.2, 0.25) is 0 Å². The van der Waals surface area contributed by atoms with Crippen LogP contribution in [0.2, 0.25) is 0 Å². The average Bonchev–Trinajstić information content (AvgIpc) is 3.08. The molecule has 0 radical (unpaired) electrons. The van der Waals surface area contributed by atoms with Gasteiger partial charge >= 0.3 is 5.97 Å². The summed E-state index contributed by atoms with van der Waals surface area (Å²) in [7, 11) is 0. The molecule has 6 nitrogen and oxygen atoms in total. The normalized spacial score (nSPS) is 10.4. The highest BCUT2D eigenvalue weighted by Crippen LogP contribution is 2.19. The smallest absolute Gasteiger partial charge is 0.354 e. The number of carbonyl (C=O) groups is 1. The molecular weight excluding hydrogens is 282 g/mol. The molecule has 0 aliphatic carbocycles. The number of nitrogens with one attached hydrogen (secondary N) is 1. The number of benzene rings is 1. The predicted octanol–water partition coefficient (Wildman–Crippen LogP) is 3.05. The molecule has 3 aromatic rings. The van der Waals surface area contributed by atoms with Crippen molar-refractivity contribution in [1.82, 2.24) is 9.97 Å². The summed E-state index contributed by atoms with van der Waals surface area (Å²) in [5, 5.41) is 12.3. The van der Waals surface area contributed by atoms with Crippen molar-refractivity contribution < 1.29 is 14.3 Å². The fourth-order valence-electron chi connectivity index (χ4n) is 1.95. The zero-order chi connectivity index (χ0) is 15.4. The topological polar surface area (TPSA) is 88.2 Å². The fourth-order valence-corrected chi connectivity index (χ4v) is 1.95. The van der Waals surface area contributed by atoms with Crippen molar-refractivity contribution in [3.05, 3.63) is 66.1 Å². The predicted molar refractivity (Wildman–Crippen MR) is 80.5 cm³/mol. The molecule has 6 heteroatoms. The van der Waals surface area contributed by atoms with Crippen LogP contribution in [0.15, 0.2) is 59.2 Å². The van der Waals surface area contributed by atoms with Gasteiger partial charge in [-0.05, 0) is 17.7 Å². The van der Waals surface area contributed by atoms with E-state index in [0.29, 0.717) is 18.1 Å². The Kier molecular flexibility index (Phi) is 3.82. The second-order valence-electron chi connectivity index (χ2n) is 4.58. The van der Waals surface area contributed by atoms with Gasteiger partial charge in [0.1, 0.15) is 5.82 Å². The molecule has 2 heterocycles. The van der Waals surface area contributed by atoms with Crippen molar-refractivity contribution >= 4 is 11.8 Å². The maximum atomic E-state index is 11.2. The minimum Gasteiger partial charge on any atom is -0.477 e. The molecule has 0 aliphatic rings. The van der Waals surface area contributed by atoms with E-state index in [-0.39, 0.29) is 11.5 Å². The van der Waals surface area contributed by atoms with Crippen LogP contribution >= 0.6 is 0 Å². The van der Waals surface area contributed by atoms with E-state index >= 15 is 0 Å². The number of furan rings is 1. The van der Waals surface area contributed by atoms with Gasteiger partial charge in [-0.15, -0.1) is 0 Å². The van der Waals surface area contributed by atoms with Gasteiger partial charge in [-0.25, -0.2) is 14.8 Å². The molecule has 0 amide bonds. The Hall–Kier alpha value is -3.15. The molecule has 0 saturated heterocycles. The number of carboxylic acid groups (broad SMARTS) is 1. The van der Waals surface area contributed by atoms with Crippen LogP contribution in [0, 0.1) is 0 Å². The second-order valence-corrected chi connectivity index (χ2v) is 4.58. The molecule has 0 atom stereocenters. The van der Waals surface area contributed by atoms with Crippen LogP contribution in [-0.4, -0.2) is 21.0 Å². The zero-order valence-electron chi connectivity index (χ0n) is 11.6. The zero-order valence-corrected chi connectivity index (χ0v) is 11.6. The molecule has 2 N–H and O–H groups in total. The van der Waals surface area contributed by atoms with Crippen molar-refractivity contribution in [1.29, 1.82) is 0 Å². The van der Waals surface area contributed by atoms with E-state index in [2.05, 4.69) is 15.3 Å². The Morgan fingerprint density at radius 2 is 1.95 bits per heavy atom. The monoisotopic (exact) mass is 295 g/mol. The number of hydrogen-bond donors (Lipinski definition) is 2. The van der Waals surface area contributed by atoms with Gasteiger partial charge in [0.15, 0.2) is 17.3 Å². The van der Waals surface area contributed by atoms with Crippen molar-refractivity contribution in [3.8, 4) is 11.6 Å². The van der Waals surface area contributed by atoms with Crippen molar-refractivity contribution in [2.45, 2.75) is 6.54 Å². The summed E-state index contributed by atoms with van der Waals surface area (Å²) in [6.07, 6.45) is 1.49. The van der Waals surface area contributed by atoms with Crippen LogP contribution in [0.3, 0.4) is 0 Å². The van der Waals surface area contributed by atoms with Crippen LogP contribution in [-0.2, 0) is 6.54 Å². The minimum atomic E-state index is -1.11. The fraction of sp³-hybridized carbons (Fsp3) is 0.0625. The molecule has 110 valence electrons. The first-order valence-electron chi connectivity index (χ1n) is 6.66. The quantitative estimate of drug-likeness (QED) is 0.752. The van der Waals surface area contributed by atoms with E-state index in [0.717, 1.165) is 5.56 Å². The Morgan fingerprint density at radius 3 is 2.64 bits per heavy atom. The third-order valence-corrected chi connectivity index (χ3v) is 3.00. The highest BCUT2D eigenvalue weighted by atomic mass is 16.4. The maximum absolute atomic E-state index is 11.2. The third kappa shape index (κ3) is 3.12. The molecule has 2 aromatic heterocycles. The molecule has 0 saturated carbocycles. The molecular formula is C16H13N3O3. The number of aromatic carboxylic acids is 1. The second kappa shape index (κ2) is 6.09. The summed E-state index contributed by atoms with van der Waals surface area (Å²) in [5.74, 6) is -0.0213. The SMILES string of the molecule is O=C(O)c1cc(NCc2ccccc2)nc(-c2ccco2)n1. The Balaban J connectivity index is 1.88. The number of anilines is 1. The maximum Gasteiger partial charge on any atom is 0.354 e. The summed E-state index contributed by atoms with van der Waals surface area (Å²) in [5.41, 5.74) is 0.981. The van der Waals surface area contributed by atoms with Crippen LogP contribution in [0.25, 0.3) is 11.6 Å². The van der Waals surface area contributed by atoms with E-state index in [9.17, 15) is 4.79 Å². The van der Waals surface area contributed by atoms with E-state index < -0.39 is 5.97 Å². The van der Waals surface area contributed by atoms with Gasteiger partial charge in [0.25, 0.3) is 0 Å².